The Morgan fingerprint density at radius 2 is 1.70 bits per heavy atom. The fraction of sp³-hybridized carbons (Fsp3) is 0.519. The SMILES string of the molecule is C[C@](C(=O)N1CCC(CC2CCN(c3ccc(C=O)c(Cl)n3)CC2)CC1)(c1cccc(Br)c1)C(F)(F)F. The van der Waals surface area contributed by atoms with Gasteiger partial charge in [-0.1, -0.05) is 39.7 Å². The molecule has 0 bridgehead atoms. The number of pyridine rings is 1. The number of anilines is 1. The third-order valence-corrected chi connectivity index (χ3v) is 8.69. The molecule has 37 heavy (non-hydrogen) atoms. The molecule has 1 amide bonds. The van der Waals surface area contributed by atoms with Gasteiger partial charge in [-0.15, -0.1) is 0 Å². The van der Waals surface area contributed by atoms with Crippen LogP contribution in [0.4, 0.5) is 19.0 Å². The summed E-state index contributed by atoms with van der Waals surface area (Å²) in [6, 6.07) is 9.42. The summed E-state index contributed by atoms with van der Waals surface area (Å²) in [5.74, 6) is 0.800. The van der Waals surface area contributed by atoms with Crippen LogP contribution in [0, 0.1) is 11.8 Å². The second-order valence-corrected chi connectivity index (χ2v) is 11.5. The molecule has 0 spiro atoms. The number of amides is 1. The van der Waals surface area contributed by atoms with E-state index in [0.717, 1.165) is 45.1 Å². The van der Waals surface area contributed by atoms with Gasteiger partial charge in [0.05, 0.1) is 5.56 Å². The van der Waals surface area contributed by atoms with Crippen molar-refractivity contribution in [2.24, 2.45) is 11.8 Å². The average molecular weight is 601 g/mol. The van der Waals surface area contributed by atoms with Crippen LogP contribution in [0.25, 0.3) is 0 Å². The molecule has 0 N–H and O–H groups in total. The largest absolute Gasteiger partial charge is 0.406 e. The van der Waals surface area contributed by atoms with E-state index in [9.17, 15) is 22.8 Å². The molecule has 2 fully saturated rings. The average Bonchev–Trinajstić information content (AvgIpc) is 2.88. The number of hydrogen-bond donors (Lipinski definition) is 0. The lowest BCUT2D eigenvalue weighted by Gasteiger charge is -2.41. The van der Waals surface area contributed by atoms with Gasteiger partial charge < -0.3 is 9.80 Å². The smallest absolute Gasteiger partial charge is 0.357 e. The van der Waals surface area contributed by atoms with Gasteiger partial charge >= 0.3 is 6.18 Å². The maximum atomic E-state index is 14.2. The summed E-state index contributed by atoms with van der Waals surface area (Å²) in [5.41, 5.74) is -2.26. The van der Waals surface area contributed by atoms with Crippen molar-refractivity contribution < 1.29 is 22.8 Å². The molecule has 4 rings (SSSR count). The monoisotopic (exact) mass is 599 g/mol. The third-order valence-electron chi connectivity index (χ3n) is 7.89. The molecule has 0 radical (unpaired) electrons. The summed E-state index contributed by atoms with van der Waals surface area (Å²) < 4.78 is 43.2. The van der Waals surface area contributed by atoms with Crippen molar-refractivity contribution in [3.63, 3.8) is 0 Å². The van der Waals surface area contributed by atoms with Gasteiger partial charge in [-0.05, 0) is 80.7 Å². The van der Waals surface area contributed by atoms with E-state index in [1.54, 1.807) is 12.1 Å². The maximum Gasteiger partial charge on any atom is 0.406 e. The quantitative estimate of drug-likeness (QED) is 0.274. The predicted octanol–water partition coefficient (Wildman–Crippen LogP) is 6.68. The highest BCUT2D eigenvalue weighted by Crippen LogP contribution is 2.44. The second kappa shape index (κ2) is 11.3. The number of nitrogens with zero attached hydrogens (tertiary/aromatic N) is 3. The van der Waals surface area contributed by atoms with Crippen LogP contribution in [-0.2, 0) is 10.2 Å². The number of piperidine rings is 2. The lowest BCUT2D eigenvalue weighted by atomic mass is 9.78. The number of aldehydes is 1. The van der Waals surface area contributed by atoms with E-state index < -0.39 is 17.5 Å². The molecule has 0 saturated carbocycles. The summed E-state index contributed by atoms with van der Waals surface area (Å²) in [6.07, 6.45) is 0.393. The minimum atomic E-state index is -4.71. The minimum Gasteiger partial charge on any atom is -0.357 e. The van der Waals surface area contributed by atoms with Gasteiger partial charge in [0, 0.05) is 30.7 Å². The minimum absolute atomic E-state index is 0.0511. The van der Waals surface area contributed by atoms with Gasteiger partial charge in [0.15, 0.2) is 11.7 Å². The number of benzene rings is 1. The molecule has 0 unspecified atom stereocenters. The molecule has 1 atom stereocenters. The van der Waals surface area contributed by atoms with Crippen LogP contribution in [-0.4, -0.2) is 54.4 Å². The Kier molecular flexibility index (Phi) is 8.53. The molecular weight excluding hydrogens is 571 g/mol. The van der Waals surface area contributed by atoms with Crippen LogP contribution in [0.1, 0.15) is 54.9 Å². The number of likely N-dealkylation sites (tertiary alicyclic amines) is 1. The van der Waals surface area contributed by atoms with E-state index in [-0.39, 0.29) is 10.7 Å². The van der Waals surface area contributed by atoms with Crippen molar-refractivity contribution in [3.05, 3.63) is 57.2 Å². The predicted molar refractivity (Wildman–Crippen MR) is 141 cm³/mol. The number of carbonyl (C=O) groups is 2. The molecule has 0 aliphatic carbocycles. The standard InChI is InChI=1S/C27H30BrClF3N3O2/c1-26(27(30,31)32,21-3-2-4-22(28)16-21)25(37)35-13-9-19(10-14-35)15-18-7-11-34(12-8-18)23-6-5-20(17-36)24(29)33-23/h2-6,16-19H,7-15H2,1H3/t26-/m1/s1. The zero-order valence-electron chi connectivity index (χ0n) is 20.6. The van der Waals surface area contributed by atoms with Crippen LogP contribution in [0.3, 0.4) is 0 Å². The molecule has 1 aromatic carbocycles. The van der Waals surface area contributed by atoms with E-state index >= 15 is 0 Å². The first-order valence-corrected chi connectivity index (χ1v) is 13.7. The number of hydrogen-bond acceptors (Lipinski definition) is 4. The molecule has 3 heterocycles. The highest BCUT2D eigenvalue weighted by atomic mass is 79.9. The summed E-state index contributed by atoms with van der Waals surface area (Å²) in [5, 5.41) is 0.206. The summed E-state index contributed by atoms with van der Waals surface area (Å²) >= 11 is 9.30. The van der Waals surface area contributed by atoms with E-state index in [1.807, 2.05) is 6.07 Å². The fourth-order valence-corrected chi connectivity index (χ4v) is 6.06. The van der Waals surface area contributed by atoms with Crippen molar-refractivity contribution in [1.29, 1.82) is 0 Å². The molecule has 200 valence electrons. The van der Waals surface area contributed by atoms with Gasteiger partial charge in [0.25, 0.3) is 0 Å². The van der Waals surface area contributed by atoms with Crippen LogP contribution in [0.15, 0.2) is 40.9 Å². The van der Waals surface area contributed by atoms with Crippen LogP contribution < -0.4 is 4.90 Å². The molecule has 1 aromatic heterocycles. The summed E-state index contributed by atoms with van der Waals surface area (Å²) in [4.78, 5) is 32.1. The summed E-state index contributed by atoms with van der Waals surface area (Å²) in [7, 11) is 0. The second-order valence-electron chi connectivity index (χ2n) is 10.2. The van der Waals surface area contributed by atoms with Gasteiger partial charge in [-0.3, -0.25) is 9.59 Å². The molecule has 10 heteroatoms. The topological polar surface area (TPSA) is 53.5 Å². The molecule has 2 aromatic rings. The van der Waals surface area contributed by atoms with Crippen molar-refractivity contribution in [1.82, 2.24) is 9.88 Å². The number of halogens is 5. The molecule has 2 aliphatic heterocycles. The Labute approximate surface area is 228 Å². The molecule has 5 nitrogen and oxygen atoms in total. The van der Waals surface area contributed by atoms with E-state index in [1.165, 1.54) is 23.1 Å². The van der Waals surface area contributed by atoms with Gasteiger partial charge in [0.1, 0.15) is 11.0 Å². The van der Waals surface area contributed by atoms with Gasteiger partial charge in [0.2, 0.25) is 5.91 Å². The van der Waals surface area contributed by atoms with Crippen molar-refractivity contribution in [2.45, 2.75) is 50.6 Å². The highest BCUT2D eigenvalue weighted by molar-refractivity contribution is 9.10. The molecule has 2 saturated heterocycles. The number of carbonyl (C=O) groups excluding carboxylic acids is 2. The van der Waals surface area contributed by atoms with E-state index in [4.69, 9.17) is 11.6 Å². The highest BCUT2D eigenvalue weighted by Gasteiger charge is 2.59. The first kappa shape index (κ1) is 27.9. The first-order chi connectivity index (χ1) is 17.5. The Bertz CT molecular complexity index is 1130. The molecular formula is C27H30BrClF3N3O2. The lowest BCUT2D eigenvalue weighted by Crippen LogP contribution is -2.55. The normalized spacial score (nSPS) is 19.5. The fourth-order valence-electron chi connectivity index (χ4n) is 5.46. The van der Waals surface area contributed by atoms with Crippen molar-refractivity contribution in [3.8, 4) is 0 Å². The molecule has 2 aliphatic rings. The van der Waals surface area contributed by atoms with Crippen LogP contribution in [0.2, 0.25) is 5.15 Å². The first-order valence-electron chi connectivity index (χ1n) is 12.5. The Hall–Kier alpha value is -2.13. The van der Waals surface area contributed by atoms with Crippen LogP contribution in [0.5, 0.6) is 0 Å². The number of aromatic nitrogens is 1. The summed E-state index contributed by atoms with van der Waals surface area (Å²) in [6.45, 7) is 3.34. The Morgan fingerprint density at radius 1 is 1.08 bits per heavy atom. The Morgan fingerprint density at radius 3 is 2.24 bits per heavy atom. The zero-order valence-corrected chi connectivity index (χ0v) is 22.9. The van der Waals surface area contributed by atoms with E-state index in [0.29, 0.717) is 54.1 Å². The lowest BCUT2D eigenvalue weighted by molar-refractivity contribution is -0.198. The number of rotatable bonds is 6. The third kappa shape index (κ3) is 5.98. The zero-order chi connectivity index (χ0) is 26.8. The van der Waals surface area contributed by atoms with E-state index in [2.05, 4.69) is 25.8 Å². The van der Waals surface area contributed by atoms with Gasteiger partial charge in [-0.25, -0.2) is 4.98 Å². The van der Waals surface area contributed by atoms with Crippen molar-refractivity contribution in [2.75, 3.05) is 31.1 Å². The maximum absolute atomic E-state index is 14.2. The van der Waals surface area contributed by atoms with Gasteiger partial charge in [-0.2, -0.15) is 13.2 Å². The Balaban J connectivity index is 1.31. The van der Waals surface area contributed by atoms with Crippen LogP contribution >= 0.6 is 27.5 Å². The van der Waals surface area contributed by atoms with Crippen molar-refractivity contribution >= 4 is 45.5 Å². The number of alkyl halides is 3.